The predicted molar refractivity (Wildman–Crippen MR) is 101 cm³/mol. The van der Waals surface area contributed by atoms with Gasteiger partial charge < -0.3 is 10.3 Å². The van der Waals surface area contributed by atoms with Crippen LogP contribution in [0.4, 0.5) is 0 Å². The quantitative estimate of drug-likeness (QED) is 0.760. The van der Waals surface area contributed by atoms with Crippen molar-refractivity contribution in [2.45, 2.75) is 45.1 Å². The molecule has 3 aromatic rings. The van der Waals surface area contributed by atoms with E-state index in [1.54, 1.807) is 0 Å². The molecule has 1 aliphatic rings. The molecule has 25 heavy (non-hydrogen) atoms. The Kier molecular flexibility index (Phi) is 4.04. The average molecular weight is 333 g/mol. The maximum atomic E-state index is 11.5. The first-order valence-electron chi connectivity index (χ1n) is 9.02. The third-order valence-electron chi connectivity index (χ3n) is 5.22. The summed E-state index contributed by atoms with van der Waals surface area (Å²) in [5.74, 6) is 0.578. The largest absolute Gasteiger partial charge is 0.366 e. The number of hydrogen-bond acceptors (Lipinski definition) is 2. The maximum Gasteiger partial charge on any atom is 0.248 e. The van der Waals surface area contributed by atoms with Gasteiger partial charge in [0.25, 0.3) is 0 Å². The molecule has 0 atom stereocenters. The van der Waals surface area contributed by atoms with Crippen LogP contribution in [-0.4, -0.2) is 15.5 Å². The van der Waals surface area contributed by atoms with Gasteiger partial charge in [0.15, 0.2) is 0 Å². The number of hydrogen-bond donors (Lipinski definition) is 1. The normalized spacial score (nSPS) is 15.6. The number of benzene rings is 2. The third-order valence-corrected chi connectivity index (χ3v) is 5.22. The van der Waals surface area contributed by atoms with E-state index in [0.717, 1.165) is 22.4 Å². The number of carbonyl (C=O) groups is 1. The lowest BCUT2D eigenvalue weighted by molar-refractivity contribution is 0.100. The van der Waals surface area contributed by atoms with E-state index in [4.69, 9.17) is 10.7 Å². The molecule has 1 amide bonds. The Labute approximate surface area is 147 Å². The minimum atomic E-state index is -0.411. The predicted octanol–water partition coefficient (Wildman–Crippen LogP) is 4.62. The molecule has 4 heteroatoms. The fraction of sp³-hybridized carbons (Fsp3) is 0.333. The summed E-state index contributed by atoms with van der Waals surface area (Å²) in [6, 6.07) is 14.6. The van der Waals surface area contributed by atoms with Gasteiger partial charge in [0.05, 0.1) is 11.0 Å². The number of carbonyl (C=O) groups excluding carboxylic acids is 1. The van der Waals surface area contributed by atoms with Crippen LogP contribution in [0.25, 0.3) is 22.4 Å². The molecular formula is C21H23N3O. The molecule has 0 spiro atoms. The second-order valence-electron chi connectivity index (χ2n) is 7.03. The molecule has 1 aromatic heterocycles. The number of amides is 1. The summed E-state index contributed by atoms with van der Waals surface area (Å²) in [5, 5.41) is 0. The van der Waals surface area contributed by atoms with Crippen LogP contribution in [0.15, 0.2) is 42.5 Å². The van der Waals surface area contributed by atoms with Crippen LogP contribution < -0.4 is 5.73 Å². The van der Waals surface area contributed by atoms with Gasteiger partial charge in [0.2, 0.25) is 5.91 Å². The molecule has 1 aliphatic carbocycles. The lowest BCUT2D eigenvalue weighted by atomic mass is 9.94. The summed E-state index contributed by atoms with van der Waals surface area (Å²) >= 11 is 0. The Bertz CT molecular complexity index is 918. The van der Waals surface area contributed by atoms with Crippen LogP contribution >= 0.6 is 0 Å². The van der Waals surface area contributed by atoms with Gasteiger partial charge >= 0.3 is 0 Å². The minimum Gasteiger partial charge on any atom is -0.366 e. The third kappa shape index (κ3) is 2.93. The van der Waals surface area contributed by atoms with Gasteiger partial charge in [-0.15, -0.1) is 0 Å². The van der Waals surface area contributed by atoms with Crippen molar-refractivity contribution < 1.29 is 4.79 Å². The smallest absolute Gasteiger partial charge is 0.248 e. The number of imidazole rings is 1. The van der Waals surface area contributed by atoms with Crippen molar-refractivity contribution in [2.24, 2.45) is 5.73 Å². The number of aromatic nitrogens is 2. The van der Waals surface area contributed by atoms with Crippen molar-refractivity contribution in [3.8, 4) is 11.4 Å². The average Bonchev–Trinajstić information content (AvgIpc) is 3.01. The van der Waals surface area contributed by atoms with Gasteiger partial charge in [-0.3, -0.25) is 4.79 Å². The summed E-state index contributed by atoms with van der Waals surface area (Å²) in [6.07, 6.45) is 6.20. The fourth-order valence-electron chi connectivity index (χ4n) is 3.87. The van der Waals surface area contributed by atoms with Crippen LogP contribution in [-0.2, 0) is 0 Å². The first-order chi connectivity index (χ1) is 12.1. The van der Waals surface area contributed by atoms with E-state index < -0.39 is 5.91 Å². The van der Waals surface area contributed by atoms with Crippen LogP contribution in [0.5, 0.6) is 0 Å². The number of nitrogens with two attached hydrogens (primary N) is 1. The molecule has 2 aromatic carbocycles. The van der Waals surface area contributed by atoms with E-state index in [9.17, 15) is 4.79 Å². The van der Waals surface area contributed by atoms with Gasteiger partial charge in [-0.25, -0.2) is 4.98 Å². The van der Waals surface area contributed by atoms with Gasteiger partial charge in [-0.05, 0) is 38.0 Å². The van der Waals surface area contributed by atoms with Crippen LogP contribution in [0.1, 0.15) is 54.1 Å². The summed E-state index contributed by atoms with van der Waals surface area (Å²) in [5.41, 5.74) is 10.2. The first kappa shape index (κ1) is 15.9. The highest BCUT2D eigenvalue weighted by Crippen LogP contribution is 2.36. The van der Waals surface area contributed by atoms with Crippen LogP contribution in [0.2, 0.25) is 0 Å². The van der Waals surface area contributed by atoms with Gasteiger partial charge in [-0.2, -0.15) is 0 Å². The zero-order chi connectivity index (χ0) is 17.4. The lowest BCUT2D eigenvalue weighted by Crippen LogP contribution is -2.14. The number of primary amides is 1. The molecule has 0 unspecified atom stereocenters. The summed E-state index contributed by atoms with van der Waals surface area (Å²) in [7, 11) is 0. The van der Waals surface area contributed by atoms with E-state index in [2.05, 4.69) is 35.8 Å². The van der Waals surface area contributed by atoms with Crippen molar-refractivity contribution in [3.63, 3.8) is 0 Å². The van der Waals surface area contributed by atoms with Crippen molar-refractivity contribution >= 4 is 16.9 Å². The van der Waals surface area contributed by atoms with Crippen molar-refractivity contribution in [1.29, 1.82) is 0 Å². The van der Waals surface area contributed by atoms with E-state index in [0.29, 0.717) is 11.6 Å². The van der Waals surface area contributed by atoms with E-state index in [1.807, 2.05) is 18.2 Å². The number of nitrogens with zero attached hydrogens (tertiary/aromatic N) is 2. The van der Waals surface area contributed by atoms with Crippen molar-refractivity contribution in [2.75, 3.05) is 0 Å². The Morgan fingerprint density at radius 3 is 2.48 bits per heavy atom. The SMILES string of the molecule is Cc1ccc(-c2nc3cc(C(N)=O)ccc3n2C2CCCCC2)cc1. The van der Waals surface area contributed by atoms with Crippen LogP contribution in [0.3, 0.4) is 0 Å². The summed E-state index contributed by atoms with van der Waals surface area (Å²) in [6.45, 7) is 2.09. The van der Waals surface area contributed by atoms with Gasteiger partial charge in [0.1, 0.15) is 5.82 Å². The standard InChI is InChI=1S/C21H23N3O/c1-14-7-9-15(10-8-14)21-23-18-13-16(20(22)25)11-12-19(18)24(21)17-5-3-2-4-6-17/h7-13,17H,2-6H2,1H3,(H2,22,25). The Balaban J connectivity index is 1.92. The van der Waals surface area contributed by atoms with Gasteiger partial charge in [0, 0.05) is 17.2 Å². The molecule has 128 valence electrons. The Morgan fingerprint density at radius 2 is 1.80 bits per heavy atom. The highest BCUT2D eigenvalue weighted by atomic mass is 16.1. The van der Waals surface area contributed by atoms with E-state index in [1.165, 1.54) is 37.7 Å². The lowest BCUT2D eigenvalue weighted by Gasteiger charge is -2.25. The Morgan fingerprint density at radius 1 is 1.08 bits per heavy atom. The molecule has 0 radical (unpaired) electrons. The van der Waals surface area contributed by atoms with Crippen molar-refractivity contribution in [1.82, 2.24) is 9.55 Å². The Hall–Kier alpha value is -2.62. The summed E-state index contributed by atoms with van der Waals surface area (Å²) < 4.78 is 2.38. The number of fused-ring (bicyclic) bond motifs is 1. The number of aryl methyl sites for hydroxylation is 1. The molecule has 0 saturated heterocycles. The molecule has 4 nitrogen and oxygen atoms in total. The number of rotatable bonds is 3. The zero-order valence-electron chi connectivity index (χ0n) is 14.5. The minimum absolute atomic E-state index is 0.411. The monoisotopic (exact) mass is 333 g/mol. The van der Waals surface area contributed by atoms with Gasteiger partial charge in [-0.1, -0.05) is 49.1 Å². The van der Waals surface area contributed by atoms with Crippen LogP contribution in [0, 0.1) is 6.92 Å². The molecular weight excluding hydrogens is 310 g/mol. The second kappa shape index (κ2) is 6.36. The molecule has 0 aliphatic heterocycles. The highest BCUT2D eigenvalue weighted by molar-refractivity contribution is 5.96. The summed E-state index contributed by atoms with van der Waals surface area (Å²) in [4.78, 5) is 16.4. The molecule has 4 rings (SSSR count). The zero-order valence-corrected chi connectivity index (χ0v) is 14.5. The van der Waals surface area contributed by atoms with Crippen molar-refractivity contribution in [3.05, 3.63) is 53.6 Å². The second-order valence-corrected chi connectivity index (χ2v) is 7.03. The molecule has 1 heterocycles. The molecule has 1 fully saturated rings. The van der Waals surface area contributed by atoms with E-state index in [-0.39, 0.29) is 0 Å². The molecule has 2 N–H and O–H groups in total. The maximum absolute atomic E-state index is 11.5. The highest BCUT2D eigenvalue weighted by Gasteiger charge is 2.22. The molecule has 0 bridgehead atoms. The first-order valence-corrected chi connectivity index (χ1v) is 9.02. The van der Waals surface area contributed by atoms with E-state index >= 15 is 0 Å². The fourth-order valence-corrected chi connectivity index (χ4v) is 3.87. The molecule has 1 saturated carbocycles. The topological polar surface area (TPSA) is 60.9 Å².